The molecule has 2 amide bonds. The minimum atomic E-state index is -0.689. The van der Waals surface area contributed by atoms with Gasteiger partial charge in [0.25, 0.3) is 0 Å². The Balaban J connectivity index is 1.57. The lowest BCUT2D eigenvalue weighted by molar-refractivity contribution is -0.129. The Morgan fingerprint density at radius 1 is 0.903 bits per heavy atom. The van der Waals surface area contributed by atoms with Gasteiger partial charge in [0.05, 0.1) is 0 Å². The van der Waals surface area contributed by atoms with Crippen molar-refractivity contribution in [2.45, 2.75) is 58.7 Å². The summed E-state index contributed by atoms with van der Waals surface area (Å²) in [4.78, 5) is 27.8. The van der Waals surface area contributed by atoms with E-state index in [0.717, 1.165) is 17.7 Å². The molecule has 0 aromatic heterocycles. The molecule has 1 heterocycles. The van der Waals surface area contributed by atoms with E-state index in [1.54, 1.807) is 0 Å². The minimum Gasteiger partial charge on any atom is -0.350 e. The topological polar surface area (TPSA) is 61.4 Å². The molecule has 2 N–H and O–H groups in total. The normalized spacial score (nSPS) is 15.5. The maximum atomic E-state index is 12.9. The fraction of sp³-hybridized carbons (Fsp3) is 0.462. The van der Waals surface area contributed by atoms with E-state index < -0.39 is 6.04 Å². The summed E-state index contributed by atoms with van der Waals surface area (Å²) in [6.45, 7) is 7.78. The molecule has 1 aliphatic rings. The summed E-state index contributed by atoms with van der Waals surface area (Å²) >= 11 is 0. The Labute approximate surface area is 186 Å². The van der Waals surface area contributed by atoms with Crippen LogP contribution in [-0.4, -0.2) is 29.8 Å². The molecule has 2 aromatic carbocycles. The Bertz CT molecular complexity index is 827. The van der Waals surface area contributed by atoms with Gasteiger partial charge in [-0.25, -0.2) is 0 Å². The summed E-state index contributed by atoms with van der Waals surface area (Å²) in [7, 11) is 0. The summed E-state index contributed by atoms with van der Waals surface area (Å²) in [5, 5.41) is 5.89. The second kappa shape index (κ2) is 11.7. The minimum absolute atomic E-state index is 0.110. The van der Waals surface area contributed by atoms with E-state index in [0.29, 0.717) is 13.0 Å². The smallest absolute Gasteiger partial charge is 0.247 e. The molecule has 166 valence electrons. The molecule has 31 heavy (non-hydrogen) atoms. The number of nitrogens with one attached hydrogen (secondary N) is 2. The first kappa shape index (κ1) is 23.0. The van der Waals surface area contributed by atoms with Crippen LogP contribution in [0.4, 0.5) is 0 Å². The number of hydrogen-bond acceptors (Lipinski definition) is 3. The molecule has 0 spiro atoms. The Hall–Kier alpha value is -2.66. The first-order valence-corrected chi connectivity index (χ1v) is 11.4. The molecule has 1 unspecified atom stereocenters. The van der Waals surface area contributed by atoms with Gasteiger partial charge in [-0.15, -0.1) is 0 Å². The predicted octanol–water partition coefficient (Wildman–Crippen LogP) is 4.19. The predicted molar refractivity (Wildman–Crippen MR) is 124 cm³/mol. The third kappa shape index (κ3) is 7.51. The average molecular weight is 422 g/mol. The SMILES string of the molecule is CC(C)CC(=O)NC(C(=O)NCc1ccc(CN2CCCCC2)cc1)c1ccccc1. The van der Waals surface area contributed by atoms with Crippen molar-refractivity contribution in [3.8, 4) is 0 Å². The highest BCUT2D eigenvalue weighted by atomic mass is 16.2. The van der Waals surface area contributed by atoms with Gasteiger partial charge < -0.3 is 10.6 Å². The van der Waals surface area contributed by atoms with E-state index in [-0.39, 0.29) is 17.7 Å². The highest BCUT2D eigenvalue weighted by molar-refractivity contribution is 5.88. The van der Waals surface area contributed by atoms with Crippen LogP contribution < -0.4 is 10.6 Å². The zero-order valence-corrected chi connectivity index (χ0v) is 18.8. The standard InChI is InChI=1S/C26H35N3O2/c1-20(2)17-24(30)28-25(23-9-5-3-6-10-23)26(31)27-18-21-11-13-22(14-12-21)19-29-15-7-4-8-16-29/h3,5-6,9-14,20,25H,4,7-8,15-19H2,1-2H3,(H,27,31)(H,28,30). The zero-order valence-electron chi connectivity index (χ0n) is 18.8. The number of carbonyl (C=O) groups excluding carboxylic acids is 2. The molecule has 1 aliphatic heterocycles. The lowest BCUT2D eigenvalue weighted by atomic mass is 10.0. The second-order valence-corrected chi connectivity index (χ2v) is 8.88. The summed E-state index contributed by atoms with van der Waals surface area (Å²) in [5.41, 5.74) is 3.14. The van der Waals surface area contributed by atoms with Crippen LogP contribution in [0.5, 0.6) is 0 Å². The number of nitrogens with zero attached hydrogens (tertiary/aromatic N) is 1. The number of rotatable bonds is 9. The Kier molecular flexibility index (Phi) is 8.65. The number of piperidine rings is 1. The fourth-order valence-electron chi connectivity index (χ4n) is 3.97. The van der Waals surface area contributed by atoms with Crippen molar-refractivity contribution in [2.24, 2.45) is 5.92 Å². The second-order valence-electron chi connectivity index (χ2n) is 8.88. The highest BCUT2D eigenvalue weighted by Gasteiger charge is 2.22. The van der Waals surface area contributed by atoms with Gasteiger partial charge in [-0.3, -0.25) is 14.5 Å². The molecule has 0 aliphatic carbocycles. The van der Waals surface area contributed by atoms with Gasteiger partial charge in [-0.2, -0.15) is 0 Å². The number of likely N-dealkylation sites (tertiary alicyclic amines) is 1. The van der Waals surface area contributed by atoms with Crippen molar-refractivity contribution < 1.29 is 9.59 Å². The zero-order chi connectivity index (χ0) is 22.1. The molecule has 1 saturated heterocycles. The number of amides is 2. The van der Waals surface area contributed by atoms with E-state index in [2.05, 4.69) is 39.8 Å². The van der Waals surface area contributed by atoms with Gasteiger partial charge in [0, 0.05) is 19.5 Å². The number of carbonyl (C=O) groups is 2. The van der Waals surface area contributed by atoms with Crippen LogP contribution in [0, 0.1) is 5.92 Å². The maximum absolute atomic E-state index is 12.9. The van der Waals surface area contributed by atoms with E-state index in [1.807, 2.05) is 44.2 Å². The van der Waals surface area contributed by atoms with Crippen LogP contribution in [0.15, 0.2) is 54.6 Å². The van der Waals surface area contributed by atoms with Crippen LogP contribution in [0.2, 0.25) is 0 Å². The molecule has 0 saturated carbocycles. The molecule has 5 nitrogen and oxygen atoms in total. The van der Waals surface area contributed by atoms with Crippen molar-refractivity contribution in [2.75, 3.05) is 13.1 Å². The quantitative estimate of drug-likeness (QED) is 0.638. The summed E-state index contributed by atoms with van der Waals surface area (Å²) in [6.07, 6.45) is 4.33. The van der Waals surface area contributed by atoms with Gasteiger partial charge in [-0.05, 0) is 48.5 Å². The molecule has 0 bridgehead atoms. The lowest BCUT2D eigenvalue weighted by Gasteiger charge is -2.26. The van der Waals surface area contributed by atoms with Gasteiger partial charge in [0.1, 0.15) is 6.04 Å². The molecular formula is C26H35N3O2. The number of hydrogen-bond donors (Lipinski definition) is 2. The van der Waals surface area contributed by atoms with Gasteiger partial charge in [0.2, 0.25) is 11.8 Å². The largest absolute Gasteiger partial charge is 0.350 e. The van der Waals surface area contributed by atoms with Crippen molar-refractivity contribution in [3.63, 3.8) is 0 Å². The van der Waals surface area contributed by atoms with Crippen molar-refractivity contribution in [1.29, 1.82) is 0 Å². The summed E-state index contributed by atoms with van der Waals surface area (Å²) in [5.74, 6) is -0.0651. The Morgan fingerprint density at radius 2 is 1.55 bits per heavy atom. The summed E-state index contributed by atoms with van der Waals surface area (Å²) < 4.78 is 0. The van der Waals surface area contributed by atoms with E-state index in [1.165, 1.54) is 37.9 Å². The van der Waals surface area contributed by atoms with Gasteiger partial charge in [-0.1, -0.05) is 74.9 Å². The van der Waals surface area contributed by atoms with E-state index in [9.17, 15) is 9.59 Å². The van der Waals surface area contributed by atoms with Gasteiger partial charge >= 0.3 is 0 Å². The molecule has 2 aromatic rings. The van der Waals surface area contributed by atoms with Crippen LogP contribution in [0.3, 0.4) is 0 Å². The van der Waals surface area contributed by atoms with E-state index in [4.69, 9.17) is 0 Å². The first-order valence-electron chi connectivity index (χ1n) is 11.4. The highest BCUT2D eigenvalue weighted by Crippen LogP contribution is 2.16. The Morgan fingerprint density at radius 3 is 2.19 bits per heavy atom. The first-order chi connectivity index (χ1) is 15.0. The van der Waals surface area contributed by atoms with E-state index >= 15 is 0 Å². The molecule has 5 heteroatoms. The van der Waals surface area contributed by atoms with Crippen molar-refractivity contribution in [1.82, 2.24) is 15.5 Å². The molecular weight excluding hydrogens is 386 g/mol. The van der Waals surface area contributed by atoms with Crippen molar-refractivity contribution >= 4 is 11.8 Å². The maximum Gasteiger partial charge on any atom is 0.247 e. The molecule has 0 radical (unpaired) electrons. The van der Waals surface area contributed by atoms with Crippen LogP contribution >= 0.6 is 0 Å². The van der Waals surface area contributed by atoms with Crippen LogP contribution in [-0.2, 0) is 22.7 Å². The third-order valence-electron chi connectivity index (χ3n) is 5.64. The van der Waals surface area contributed by atoms with Crippen LogP contribution in [0.25, 0.3) is 0 Å². The average Bonchev–Trinajstić information content (AvgIpc) is 2.77. The van der Waals surface area contributed by atoms with Gasteiger partial charge in [0.15, 0.2) is 0 Å². The van der Waals surface area contributed by atoms with Crippen LogP contribution in [0.1, 0.15) is 62.3 Å². The fourth-order valence-corrected chi connectivity index (χ4v) is 3.97. The molecule has 1 fully saturated rings. The molecule has 3 rings (SSSR count). The third-order valence-corrected chi connectivity index (χ3v) is 5.64. The lowest BCUT2D eigenvalue weighted by Crippen LogP contribution is -2.40. The monoisotopic (exact) mass is 421 g/mol. The number of benzene rings is 2. The van der Waals surface area contributed by atoms with Crippen molar-refractivity contribution in [3.05, 3.63) is 71.3 Å². The summed E-state index contributed by atoms with van der Waals surface area (Å²) in [6, 6.07) is 17.2. The molecule has 1 atom stereocenters.